The second-order valence-corrected chi connectivity index (χ2v) is 3.90. The van der Waals surface area contributed by atoms with Gasteiger partial charge in [-0.3, -0.25) is 0 Å². The van der Waals surface area contributed by atoms with Crippen molar-refractivity contribution in [3.8, 4) is 0 Å². The molecule has 1 aromatic carbocycles. The molecular weight excluding hydrogens is 212 g/mol. The molecule has 1 heterocycles. The van der Waals surface area contributed by atoms with Gasteiger partial charge in [0.15, 0.2) is 0 Å². The van der Waals surface area contributed by atoms with E-state index in [9.17, 15) is 0 Å². The second-order valence-electron chi connectivity index (χ2n) is 3.90. The number of nitrogens with two attached hydrogens (primary N) is 1. The number of hydrogen-bond donors (Lipinski definition) is 2. The van der Waals surface area contributed by atoms with E-state index in [1.165, 1.54) is 0 Å². The molecule has 0 fully saturated rings. The lowest BCUT2D eigenvalue weighted by Gasteiger charge is -2.07. The molecule has 4 nitrogen and oxygen atoms in total. The van der Waals surface area contributed by atoms with E-state index >= 15 is 0 Å². The lowest BCUT2D eigenvalue weighted by Crippen LogP contribution is -2.15. The minimum Gasteiger partial charge on any atom is -0.398 e. The third-order valence-corrected chi connectivity index (χ3v) is 2.51. The topological polar surface area (TPSA) is 63.8 Å². The lowest BCUT2D eigenvalue weighted by atomic mass is 10.2. The molecular formula is C13H16N4. The van der Waals surface area contributed by atoms with Crippen molar-refractivity contribution in [2.75, 3.05) is 5.73 Å². The molecule has 0 aliphatic rings. The van der Waals surface area contributed by atoms with E-state index < -0.39 is 0 Å². The Kier molecular flexibility index (Phi) is 3.67. The normalized spacial score (nSPS) is 10.4. The zero-order valence-corrected chi connectivity index (χ0v) is 9.85. The first-order valence-electron chi connectivity index (χ1n) is 5.58. The number of aryl methyl sites for hydroxylation is 1. The van der Waals surface area contributed by atoms with Gasteiger partial charge in [-0.1, -0.05) is 18.2 Å². The SMILES string of the molecule is Cc1nccc(CNCc2ccccc2N)n1. The predicted molar refractivity (Wildman–Crippen MR) is 68.2 cm³/mol. The molecule has 0 radical (unpaired) electrons. The highest BCUT2D eigenvalue weighted by atomic mass is 14.9. The van der Waals surface area contributed by atoms with Gasteiger partial charge in [-0.25, -0.2) is 9.97 Å². The maximum Gasteiger partial charge on any atom is 0.125 e. The van der Waals surface area contributed by atoms with E-state index in [0.717, 1.165) is 35.9 Å². The summed E-state index contributed by atoms with van der Waals surface area (Å²) in [6.45, 7) is 3.35. The van der Waals surface area contributed by atoms with Gasteiger partial charge in [0.25, 0.3) is 0 Å². The zero-order chi connectivity index (χ0) is 12.1. The molecule has 17 heavy (non-hydrogen) atoms. The van der Waals surface area contributed by atoms with Crippen LogP contribution in [0.2, 0.25) is 0 Å². The van der Waals surface area contributed by atoms with Crippen molar-refractivity contribution < 1.29 is 0 Å². The number of aromatic nitrogens is 2. The minimum atomic E-state index is 0.720. The third-order valence-electron chi connectivity index (χ3n) is 2.51. The van der Waals surface area contributed by atoms with E-state index in [1.807, 2.05) is 37.3 Å². The van der Waals surface area contributed by atoms with Gasteiger partial charge in [0, 0.05) is 25.0 Å². The predicted octanol–water partition coefficient (Wildman–Crippen LogP) is 1.66. The number of nitrogen functional groups attached to an aromatic ring is 1. The van der Waals surface area contributed by atoms with Crippen LogP contribution in [0.1, 0.15) is 17.1 Å². The Hall–Kier alpha value is -1.94. The number of nitrogens with one attached hydrogen (secondary N) is 1. The fourth-order valence-corrected chi connectivity index (χ4v) is 1.62. The number of anilines is 1. The summed E-state index contributed by atoms with van der Waals surface area (Å²) in [4.78, 5) is 8.38. The van der Waals surface area contributed by atoms with Crippen molar-refractivity contribution in [3.63, 3.8) is 0 Å². The Morgan fingerprint density at radius 1 is 1.18 bits per heavy atom. The number of para-hydroxylation sites is 1. The summed E-state index contributed by atoms with van der Waals surface area (Å²) >= 11 is 0. The minimum absolute atomic E-state index is 0.720. The molecule has 0 amide bonds. The fourth-order valence-electron chi connectivity index (χ4n) is 1.62. The molecule has 2 rings (SSSR count). The van der Waals surface area contributed by atoms with E-state index in [1.54, 1.807) is 6.20 Å². The highest BCUT2D eigenvalue weighted by molar-refractivity contribution is 5.46. The van der Waals surface area contributed by atoms with Gasteiger partial charge in [-0.2, -0.15) is 0 Å². The molecule has 0 spiro atoms. The van der Waals surface area contributed by atoms with Crippen LogP contribution in [-0.4, -0.2) is 9.97 Å². The van der Waals surface area contributed by atoms with Crippen LogP contribution < -0.4 is 11.1 Å². The molecule has 3 N–H and O–H groups in total. The number of hydrogen-bond acceptors (Lipinski definition) is 4. The van der Waals surface area contributed by atoms with Gasteiger partial charge < -0.3 is 11.1 Å². The summed E-state index contributed by atoms with van der Waals surface area (Å²) in [5, 5.41) is 3.32. The molecule has 0 bridgehead atoms. The number of nitrogens with zero attached hydrogens (tertiary/aromatic N) is 2. The molecule has 2 aromatic rings. The number of benzene rings is 1. The van der Waals surface area contributed by atoms with E-state index in [-0.39, 0.29) is 0 Å². The molecule has 0 unspecified atom stereocenters. The van der Waals surface area contributed by atoms with Crippen LogP contribution in [0.3, 0.4) is 0 Å². The largest absolute Gasteiger partial charge is 0.398 e. The van der Waals surface area contributed by atoms with Crippen molar-refractivity contribution in [1.82, 2.24) is 15.3 Å². The van der Waals surface area contributed by atoms with E-state index in [0.29, 0.717) is 0 Å². The smallest absolute Gasteiger partial charge is 0.125 e. The number of rotatable bonds is 4. The summed E-state index contributed by atoms with van der Waals surface area (Å²) < 4.78 is 0. The summed E-state index contributed by atoms with van der Waals surface area (Å²) in [5.41, 5.74) is 8.78. The van der Waals surface area contributed by atoms with E-state index in [2.05, 4.69) is 15.3 Å². The molecule has 88 valence electrons. The van der Waals surface area contributed by atoms with Gasteiger partial charge in [0.1, 0.15) is 5.82 Å². The van der Waals surface area contributed by atoms with Crippen molar-refractivity contribution in [3.05, 3.63) is 53.6 Å². The van der Waals surface area contributed by atoms with Crippen molar-refractivity contribution >= 4 is 5.69 Å². The Labute approximate surface area is 101 Å². The van der Waals surface area contributed by atoms with Gasteiger partial charge in [0.05, 0.1) is 5.69 Å². The summed E-state index contributed by atoms with van der Waals surface area (Å²) in [7, 11) is 0. The standard InChI is InChI=1S/C13H16N4/c1-10-16-7-6-12(17-10)9-15-8-11-4-2-3-5-13(11)14/h2-7,15H,8-9,14H2,1H3. The van der Waals surface area contributed by atoms with Crippen molar-refractivity contribution in [2.24, 2.45) is 0 Å². The molecule has 0 atom stereocenters. The highest BCUT2D eigenvalue weighted by Crippen LogP contribution is 2.09. The van der Waals surface area contributed by atoms with Crippen LogP contribution in [0.5, 0.6) is 0 Å². The average Bonchev–Trinajstić information content (AvgIpc) is 2.32. The quantitative estimate of drug-likeness (QED) is 0.781. The summed E-state index contributed by atoms with van der Waals surface area (Å²) in [5.74, 6) is 0.795. The third kappa shape index (κ3) is 3.26. The van der Waals surface area contributed by atoms with Crippen LogP contribution >= 0.6 is 0 Å². The summed E-state index contributed by atoms with van der Waals surface area (Å²) in [6, 6.07) is 9.77. The second kappa shape index (κ2) is 5.41. The first-order valence-corrected chi connectivity index (χ1v) is 5.58. The van der Waals surface area contributed by atoms with Gasteiger partial charge >= 0.3 is 0 Å². The van der Waals surface area contributed by atoms with Crippen molar-refractivity contribution in [2.45, 2.75) is 20.0 Å². The summed E-state index contributed by atoms with van der Waals surface area (Å²) in [6.07, 6.45) is 1.77. The first kappa shape index (κ1) is 11.5. The first-order chi connectivity index (χ1) is 8.25. The molecule has 4 heteroatoms. The van der Waals surface area contributed by atoms with Crippen LogP contribution in [0.15, 0.2) is 36.5 Å². The zero-order valence-electron chi connectivity index (χ0n) is 9.85. The maximum absolute atomic E-state index is 5.86. The van der Waals surface area contributed by atoms with Gasteiger partial charge in [0.2, 0.25) is 0 Å². The molecule has 1 aromatic heterocycles. The Morgan fingerprint density at radius 3 is 2.76 bits per heavy atom. The van der Waals surface area contributed by atoms with Crippen LogP contribution in [0.4, 0.5) is 5.69 Å². The lowest BCUT2D eigenvalue weighted by molar-refractivity contribution is 0.676. The molecule has 0 aliphatic carbocycles. The Morgan fingerprint density at radius 2 is 2.00 bits per heavy atom. The van der Waals surface area contributed by atoms with Gasteiger partial charge in [-0.05, 0) is 24.6 Å². The maximum atomic E-state index is 5.86. The Bertz CT molecular complexity index is 496. The molecule has 0 saturated heterocycles. The monoisotopic (exact) mass is 228 g/mol. The fraction of sp³-hybridized carbons (Fsp3) is 0.231. The van der Waals surface area contributed by atoms with Crippen molar-refractivity contribution in [1.29, 1.82) is 0 Å². The molecule has 0 aliphatic heterocycles. The van der Waals surface area contributed by atoms with Gasteiger partial charge in [-0.15, -0.1) is 0 Å². The average molecular weight is 228 g/mol. The molecule has 0 saturated carbocycles. The van der Waals surface area contributed by atoms with Crippen LogP contribution in [0.25, 0.3) is 0 Å². The van der Waals surface area contributed by atoms with Crippen LogP contribution in [0, 0.1) is 6.92 Å². The van der Waals surface area contributed by atoms with E-state index in [4.69, 9.17) is 5.73 Å². The Balaban J connectivity index is 1.90. The van der Waals surface area contributed by atoms with Crippen LogP contribution in [-0.2, 0) is 13.1 Å². The highest BCUT2D eigenvalue weighted by Gasteiger charge is 1.98.